The smallest absolute Gasteiger partial charge is 0.313 e. The van der Waals surface area contributed by atoms with Crippen LogP contribution in [-0.4, -0.2) is 24.3 Å². The topological polar surface area (TPSA) is 87.3 Å². The summed E-state index contributed by atoms with van der Waals surface area (Å²) in [6.45, 7) is -0.402. The van der Waals surface area contributed by atoms with Gasteiger partial charge in [0.25, 0.3) is 0 Å². The Morgan fingerprint density at radius 2 is 1.58 bits per heavy atom. The lowest BCUT2D eigenvalue weighted by atomic mass is 10.3. The number of nitrogens with one attached hydrogen (secondary N) is 3. The van der Waals surface area contributed by atoms with Crippen molar-refractivity contribution in [1.82, 2.24) is 5.32 Å². The highest BCUT2D eigenvalue weighted by molar-refractivity contribution is 6.40. The number of hydrogen-bond donors (Lipinski definition) is 3. The molecule has 0 saturated carbocycles. The standard InChI is InChI=1S/C16H13ClFN3O3/c17-12-3-1-2-4-13(12)21-14(22)9-19-15(23)16(24)20-11-7-5-10(18)6-8-11/h1-8H,9H2,(H,19,23)(H,20,24)(H,21,22). The quantitative estimate of drug-likeness (QED) is 0.739. The van der Waals surface area contributed by atoms with E-state index in [1.165, 1.54) is 12.1 Å². The number of halogens is 2. The van der Waals surface area contributed by atoms with Gasteiger partial charge in [-0.25, -0.2) is 4.39 Å². The van der Waals surface area contributed by atoms with Crippen molar-refractivity contribution in [3.8, 4) is 0 Å². The Balaban J connectivity index is 1.81. The molecule has 0 fully saturated rings. The van der Waals surface area contributed by atoms with Gasteiger partial charge in [0.05, 0.1) is 17.3 Å². The molecule has 0 bridgehead atoms. The van der Waals surface area contributed by atoms with Gasteiger partial charge < -0.3 is 16.0 Å². The van der Waals surface area contributed by atoms with E-state index in [-0.39, 0.29) is 5.69 Å². The first-order chi connectivity index (χ1) is 11.5. The molecule has 6 nitrogen and oxygen atoms in total. The average molecular weight is 350 g/mol. The molecular weight excluding hydrogens is 337 g/mol. The molecule has 3 N–H and O–H groups in total. The molecule has 0 aromatic heterocycles. The summed E-state index contributed by atoms with van der Waals surface area (Å²) in [6.07, 6.45) is 0. The first kappa shape index (κ1) is 17.4. The summed E-state index contributed by atoms with van der Waals surface area (Å²) in [4.78, 5) is 35.0. The molecule has 3 amide bonds. The molecule has 0 aliphatic carbocycles. The van der Waals surface area contributed by atoms with Crippen molar-refractivity contribution in [3.63, 3.8) is 0 Å². The minimum absolute atomic E-state index is 0.261. The van der Waals surface area contributed by atoms with Gasteiger partial charge >= 0.3 is 11.8 Å². The second-order valence-electron chi connectivity index (χ2n) is 4.67. The first-order valence-corrected chi connectivity index (χ1v) is 7.22. The molecule has 0 atom stereocenters. The molecule has 2 aromatic carbocycles. The monoisotopic (exact) mass is 349 g/mol. The predicted octanol–water partition coefficient (Wildman–Crippen LogP) is 2.17. The lowest BCUT2D eigenvalue weighted by molar-refractivity contribution is -0.136. The number of para-hydroxylation sites is 1. The van der Waals surface area contributed by atoms with E-state index in [4.69, 9.17) is 11.6 Å². The van der Waals surface area contributed by atoms with Crippen LogP contribution in [0.1, 0.15) is 0 Å². The van der Waals surface area contributed by atoms with Crippen molar-refractivity contribution in [2.45, 2.75) is 0 Å². The van der Waals surface area contributed by atoms with Crippen LogP contribution in [0.15, 0.2) is 48.5 Å². The lowest BCUT2D eigenvalue weighted by Crippen LogP contribution is -2.39. The Morgan fingerprint density at radius 1 is 0.917 bits per heavy atom. The number of rotatable bonds is 4. The third-order valence-electron chi connectivity index (χ3n) is 2.87. The Kier molecular flexibility index (Phi) is 5.86. The highest BCUT2D eigenvalue weighted by Crippen LogP contribution is 2.19. The third kappa shape index (κ3) is 5.06. The van der Waals surface area contributed by atoms with Crippen molar-refractivity contribution in [2.75, 3.05) is 17.2 Å². The molecule has 2 rings (SSSR count). The second-order valence-corrected chi connectivity index (χ2v) is 5.08. The largest absolute Gasteiger partial charge is 0.339 e. The van der Waals surface area contributed by atoms with Crippen LogP contribution in [0.25, 0.3) is 0 Å². The fraction of sp³-hybridized carbons (Fsp3) is 0.0625. The van der Waals surface area contributed by atoms with Crippen LogP contribution >= 0.6 is 11.6 Å². The fourth-order valence-electron chi connectivity index (χ4n) is 1.72. The van der Waals surface area contributed by atoms with Gasteiger partial charge in [0.2, 0.25) is 5.91 Å². The van der Waals surface area contributed by atoms with Gasteiger partial charge in [-0.15, -0.1) is 0 Å². The molecule has 0 heterocycles. The summed E-state index contributed by atoms with van der Waals surface area (Å²) in [5.74, 6) is -2.96. The van der Waals surface area contributed by atoms with Crippen LogP contribution in [-0.2, 0) is 14.4 Å². The van der Waals surface area contributed by atoms with E-state index in [2.05, 4.69) is 16.0 Å². The van der Waals surface area contributed by atoms with Gasteiger partial charge in [0.1, 0.15) is 5.82 Å². The number of amides is 3. The Labute approximate surface area is 142 Å². The fourth-order valence-corrected chi connectivity index (χ4v) is 1.90. The second kappa shape index (κ2) is 8.07. The van der Waals surface area contributed by atoms with Gasteiger partial charge in [-0.1, -0.05) is 23.7 Å². The van der Waals surface area contributed by atoms with Crippen LogP contribution in [0.3, 0.4) is 0 Å². The molecule has 0 aliphatic rings. The van der Waals surface area contributed by atoms with Gasteiger partial charge in [0.15, 0.2) is 0 Å². The van der Waals surface area contributed by atoms with Crippen LogP contribution in [0.4, 0.5) is 15.8 Å². The van der Waals surface area contributed by atoms with Gasteiger partial charge in [-0.05, 0) is 36.4 Å². The summed E-state index contributed by atoms with van der Waals surface area (Å²) in [5.41, 5.74) is 0.659. The molecule has 0 aliphatic heterocycles. The van der Waals surface area contributed by atoms with Crippen LogP contribution < -0.4 is 16.0 Å². The zero-order valence-electron chi connectivity index (χ0n) is 12.3. The summed E-state index contributed by atoms with van der Waals surface area (Å²) >= 11 is 5.89. The Morgan fingerprint density at radius 3 is 2.25 bits per heavy atom. The molecule has 0 unspecified atom stereocenters. The molecule has 2 aromatic rings. The third-order valence-corrected chi connectivity index (χ3v) is 3.20. The average Bonchev–Trinajstić information content (AvgIpc) is 2.57. The van der Waals surface area contributed by atoms with Crippen LogP contribution in [0.5, 0.6) is 0 Å². The van der Waals surface area contributed by atoms with Gasteiger partial charge in [-0.3, -0.25) is 14.4 Å². The molecule has 24 heavy (non-hydrogen) atoms. The maximum atomic E-state index is 12.8. The number of carbonyl (C=O) groups excluding carboxylic acids is 3. The van der Waals surface area contributed by atoms with Gasteiger partial charge in [0, 0.05) is 5.69 Å². The highest BCUT2D eigenvalue weighted by Gasteiger charge is 2.15. The van der Waals surface area contributed by atoms with Crippen molar-refractivity contribution in [1.29, 1.82) is 0 Å². The summed E-state index contributed by atoms with van der Waals surface area (Å²) in [5, 5.41) is 7.31. The minimum Gasteiger partial charge on any atom is -0.339 e. The van der Waals surface area contributed by atoms with E-state index in [9.17, 15) is 18.8 Å². The highest BCUT2D eigenvalue weighted by atomic mass is 35.5. The number of benzene rings is 2. The van der Waals surface area contributed by atoms with E-state index < -0.39 is 30.1 Å². The Bertz CT molecular complexity index is 765. The summed E-state index contributed by atoms with van der Waals surface area (Å²) in [6, 6.07) is 11.5. The van der Waals surface area contributed by atoms with Crippen molar-refractivity contribution in [3.05, 3.63) is 59.4 Å². The van der Waals surface area contributed by atoms with Crippen molar-refractivity contribution < 1.29 is 18.8 Å². The zero-order chi connectivity index (χ0) is 17.5. The van der Waals surface area contributed by atoms with Crippen molar-refractivity contribution in [2.24, 2.45) is 0 Å². The van der Waals surface area contributed by atoms with E-state index in [1.54, 1.807) is 24.3 Å². The van der Waals surface area contributed by atoms with E-state index in [0.29, 0.717) is 10.7 Å². The molecule has 8 heteroatoms. The SMILES string of the molecule is O=C(CNC(=O)C(=O)Nc1ccc(F)cc1)Nc1ccccc1Cl. The number of carbonyl (C=O) groups is 3. The maximum absolute atomic E-state index is 12.8. The van der Waals surface area contributed by atoms with E-state index >= 15 is 0 Å². The minimum atomic E-state index is -0.992. The molecule has 0 radical (unpaired) electrons. The molecular formula is C16H13ClFN3O3. The molecule has 0 spiro atoms. The predicted molar refractivity (Wildman–Crippen MR) is 88.1 cm³/mol. The first-order valence-electron chi connectivity index (χ1n) is 6.85. The molecule has 0 saturated heterocycles. The van der Waals surface area contributed by atoms with E-state index in [0.717, 1.165) is 12.1 Å². The lowest BCUT2D eigenvalue weighted by Gasteiger charge is -2.08. The van der Waals surface area contributed by atoms with Crippen LogP contribution in [0.2, 0.25) is 5.02 Å². The van der Waals surface area contributed by atoms with Gasteiger partial charge in [-0.2, -0.15) is 0 Å². The van der Waals surface area contributed by atoms with E-state index in [1.807, 2.05) is 0 Å². The number of hydrogen-bond acceptors (Lipinski definition) is 3. The van der Waals surface area contributed by atoms with Crippen molar-refractivity contribution >= 4 is 40.7 Å². The zero-order valence-corrected chi connectivity index (χ0v) is 13.1. The maximum Gasteiger partial charge on any atom is 0.313 e. The Hall–Kier alpha value is -2.93. The number of anilines is 2. The summed E-state index contributed by atoms with van der Waals surface area (Å²) < 4.78 is 12.8. The summed E-state index contributed by atoms with van der Waals surface area (Å²) in [7, 11) is 0. The molecule has 124 valence electrons. The normalized spacial score (nSPS) is 9.92. The van der Waals surface area contributed by atoms with Crippen LogP contribution in [0, 0.1) is 5.82 Å².